The Bertz CT molecular complexity index is 915. The summed E-state index contributed by atoms with van der Waals surface area (Å²) in [4.78, 5) is 36.1. The standard InChI is InChI=1S/C20H19N3O4S/c1-13(22-17(24)9-8-15-6-4-3-5-7-15)20(26)27-14(2)18(25)23-19-16(12-21)10-11-28-19/h3-11,13-14H,1-2H3,(H,22,24)(H,23,25)/b9-8+/t13-,14-/m0/s1. The van der Waals surface area contributed by atoms with Gasteiger partial charge in [-0.1, -0.05) is 30.3 Å². The minimum Gasteiger partial charge on any atom is -0.451 e. The predicted molar refractivity (Wildman–Crippen MR) is 106 cm³/mol. The molecule has 1 aromatic heterocycles. The molecule has 0 radical (unpaired) electrons. The predicted octanol–water partition coefficient (Wildman–Crippen LogP) is 2.71. The monoisotopic (exact) mass is 397 g/mol. The van der Waals surface area contributed by atoms with Gasteiger partial charge in [-0.15, -0.1) is 11.3 Å². The Balaban J connectivity index is 1.83. The van der Waals surface area contributed by atoms with Gasteiger partial charge >= 0.3 is 5.97 Å². The summed E-state index contributed by atoms with van der Waals surface area (Å²) in [6, 6.07) is 11.9. The Hall–Kier alpha value is -3.44. The Kier molecular flexibility index (Phi) is 7.48. The molecule has 7 nitrogen and oxygen atoms in total. The van der Waals surface area contributed by atoms with E-state index < -0.39 is 29.9 Å². The number of carbonyl (C=O) groups excluding carboxylic acids is 3. The summed E-state index contributed by atoms with van der Waals surface area (Å²) in [5.41, 5.74) is 1.19. The molecular formula is C20H19N3O4S. The van der Waals surface area contributed by atoms with Gasteiger partial charge in [0.05, 0.1) is 5.56 Å². The van der Waals surface area contributed by atoms with Crippen molar-refractivity contribution in [2.45, 2.75) is 26.0 Å². The number of rotatable bonds is 7. The minimum atomic E-state index is -1.08. The first-order valence-corrected chi connectivity index (χ1v) is 9.31. The lowest BCUT2D eigenvalue weighted by Gasteiger charge is -2.16. The molecule has 28 heavy (non-hydrogen) atoms. The van der Waals surface area contributed by atoms with E-state index in [0.29, 0.717) is 10.6 Å². The number of ether oxygens (including phenoxy) is 1. The molecule has 2 N–H and O–H groups in total. The molecule has 0 aliphatic carbocycles. The van der Waals surface area contributed by atoms with Gasteiger partial charge in [0.25, 0.3) is 5.91 Å². The van der Waals surface area contributed by atoms with Crippen molar-refractivity contribution >= 4 is 40.2 Å². The third-order valence-corrected chi connectivity index (χ3v) is 4.45. The van der Waals surface area contributed by atoms with Crippen LogP contribution in [-0.4, -0.2) is 29.9 Å². The van der Waals surface area contributed by atoms with Gasteiger partial charge in [-0.25, -0.2) is 4.79 Å². The molecule has 1 aromatic carbocycles. The average molecular weight is 397 g/mol. The van der Waals surface area contributed by atoms with E-state index in [1.54, 1.807) is 17.5 Å². The SMILES string of the molecule is C[C@H](NC(=O)/C=C/c1ccccc1)C(=O)O[C@@H](C)C(=O)Nc1sccc1C#N. The number of hydrogen-bond donors (Lipinski definition) is 2. The number of nitriles is 1. The summed E-state index contributed by atoms with van der Waals surface area (Å²) in [6.45, 7) is 2.88. The van der Waals surface area contributed by atoms with Crippen LogP contribution in [0.25, 0.3) is 6.08 Å². The topological polar surface area (TPSA) is 108 Å². The fourth-order valence-corrected chi connectivity index (χ4v) is 2.83. The molecule has 0 aliphatic heterocycles. The molecule has 2 aromatic rings. The van der Waals surface area contributed by atoms with Gasteiger partial charge in [0, 0.05) is 6.08 Å². The number of nitrogens with one attached hydrogen (secondary N) is 2. The van der Waals surface area contributed by atoms with Crippen LogP contribution in [0.3, 0.4) is 0 Å². The van der Waals surface area contributed by atoms with E-state index >= 15 is 0 Å². The molecule has 0 saturated heterocycles. The molecule has 144 valence electrons. The van der Waals surface area contributed by atoms with E-state index in [1.807, 2.05) is 36.4 Å². The molecule has 0 fully saturated rings. The molecule has 1 heterocycles. The highest BCUT2D eigenvalue weighted by atomic mass is 32.1. The average Bonchev–Trinajstić information content (AvgIpc) is 3.14. The number of amides is 2. The molecule has 2 amide bonds. The molecule has 8 heteroatoms. The zero-order valence-corrected chi connectivity index (χ0v) is 16.2. The molecule has 0 spiro atoms. The largest absolute Gasteiger partial charge is 0.451 e. The van der Waals surface area contributed by atoms with Gasteiger partial charge in [-0.2, -0.15) is 5.26 Å². The third kappa shape index (κ3) is 6.07. The van der Waals surface area contributed by atoms with Gasteiger partial charge in [-0.3, -0.25) is 9.59 Å². The summed E-state index contributed by atoms with van der Waals surface area (Å²) in [6.07, 6.45) is 1.85. The quantitative estimate of drug-likeness (QED) is 0.552. The smallest absolute Gasteiger partial charge is 0.329 e. The molecular weight excluding hydrogens is 378 g/mol. The van der Waals surface area contributed by atoms with Crippen molar-refractivity contribution in [1.82, 2.24) is 5.32 Å². The fourth-order valence-electron chi connectivity index (χ4n) is 2.09. The van der Waals surface area contributed by atoms with Crippen LogP contribution < -0.4 is 10.6 Å². The molecule has 2 atom stereocenters. The van der Waals surface area contributed by atoms with Crippen molar-refractivity contribution in [3.63, 3.8) is 0 Å². The van der Waals surface area contributed by atoms with Crippen LogP contribution in [0.15, 0.2) is 47.9 Å². The van der Waals surface area contributed by atoms with Crippen LogP contribution in [0, 0.1) is 11.3 Å². The summed E-state index contributed by atoms with van der Waals surface area (Å²) in [7, 11) is 0. The fraction of sp³-hybridized carbons (Fsp3) is 0.200. The Labute approximate surface area is 166 Å². The van der Waals surface area contributed by atoms with Crippen LogP contribution in [0.2, 0.25) is 0 Å². The first-order valence-electron chi connectivity index (χ1n) is 8.43. The van der Waals surface area contributed by atoms with E-state index in [-0.39, 0.29) is 0 Å². The van der Waals surface area contributed by atoms with Gasteiger partial charge < -0.3 is 15.4 Å². The highest BCUT2D eigenvalue weighted by Gasteiger charge is 2.23. The zero-order chi connectivity index (χ0) is 20.5. The van der Waals surface area contributed by atoms with Crippen molar-refractivity contribution in [2.24, 2.45) is 0 Å². The molecule has 0 saturated carbocycles. The number of nitrogens with zero attached hydrogens (tertiary/aromatic N) is 1. The maximum atomic E-state index is 12.1. The van der Waals surface area contributed by atoms with Crippen molar-refractivity contribution in [3.05, 3.63) is 59.0 Å². The van der Waals surface area contributed by atoms with Crippen molar-refractivity contribution in [1.29, 1.82) is 5.26 Å². The number of benzene rings is 1. The van der Waals surface area contributed by atoms with Crippen molar-refractivity contribution in [3.8, 4) is 6.07 Å². The molecule has 0 bridgehead atoms. The van der Waals surface area contributed by atoms with Crippen LogP contribution >= 0.6 is 11.3 Å². The first kappa shape index (κ1) is 20.9. The lowest BCUT2D eigenvalue weighted by atomic mass is 10.2. The van der Waals surface area contributed by atoms with Gasteiger partial charge in [-0.05, 0) is 36.9 Å². The van der Waals surface area contributed by atoms with E-state index in [1.165, 1.54) is 31.3 Å². The van der Waals surface area contributed by atoms with Crippen LogP contribution in [-0.2, 0) is 19.1 Å². The van der Waals surface area contributed by atoms with Crippen LogP contribution in [0.4, 0.5) is 5.00 Å². The summed E-state index contributed by atoms with van der Waals surface area (Å²) in [5, 5.41) is 16.0. The van der Waals surface area contributed by atoms with Gasteiger partial charge in [0.15, 0.2) is 6.10 Å². The lowest BCUT2D eigenvalue weighted by molar-refractivity contribution is -0.155. The number of hydrogen-bond acceptors (Lipinski definition) is 6. The van der Waals surface area contributed by atoms with Crippen LogP contribution in [0.1, 0.15) is 25.0 Å². The van der Waals surface area contributed by atoms with E-state index in [2.05, 4.69) is 10.6 Å². The summed E-state index contributed by atoms with van der Waals surface area (Å²) >= 11 is 1.20. The molecule has 0 aliphatic rings. The maximum absolute atomic E-state index is 12.1. The zero-order valence-electron chi connectivity index (χ0n) is 15.3. The summed E-state index contributed by atoms with van der Waals surface area (Å²) in [5.74, 6) is -1.76. The second kappa shape index (κ2) is 10.0. The second-order valence-corrected chi connectivity index (χ2v) is 6.73. The third-order valence-electron chi connectivity index (χ3n) is 3.62. The number of carbonyl (C=O) groups is 3. The summed E-state index contributed by atoms with van der Waals surface area (Å²) < 4.78 is 5.09. The van der Waals surface area contributed by atoms with Gasteiger partial charge in [0.1, 0.15) is 17.1 Å². The van der Waals surface area contributed by atoms with Gasteiger partial charge in [0.2, 0.25) is 5.91 Å². The highest BCUT2D eigenvalue weighted by molar-refractivity contribution is 7.14. The molecule has 2 rings (SSSR count). The Morgan fingerprint density at radius 2 is 1.89 bits per heavy atom. The Morgan fingerprint density at radius 1 is 1.18 bits per heavy atom. The van der Waals surface area contributed by atoms with Crippen molar-refractivity contribution < 1.29 is 19.1 Å². The lowest BCUT2D eigenvalue weighted by Crippen LogP contribution is -2.41. The first-order chi connectivity index (χ1) is 13.4. The number of anilines is 1. The molecule has 0 unspecified atom stereocenters. The van der Waals surface area contributed by atoms with Crippen molar-refractivity contribution in [2.75, 3.05) is 5.32 Å². The highest BCUT2D eigenvalue weighted by Crippen LogP contribution is 2.22. The maximum Gasteiger partial charge on any atom is 0.329 e. The number of esters is 1. The van der Waals surface area contributed by atoms with Crippen LogP contribution in [0.5, 0.6) is 0 Å². The Morgan fingerprint density at radius 3 is 2.57 bits per heavy atom. The normalized spacial score (nSPS) is 12.6. The minimum absolute atomic E-state index is 0.336. The second-order valence-electron chi connectivity index (χ2n) is 5.82. The van der Waals surface area contributed by atoms with E-state index in [4.69, 9.17) is 10.00 Å². The number of thiophene rings is 1. The van der Waals surface area contributed by atoms with E-state index in [0.717, 1.165) is 5.56 Å². The van der Waals surface area contributed by atoms with E-state index in [9.17, 15) is 14.4 Å².